The summed E-state index contributed by atoms with van der Waals surface area (Å²) in [7, 11) is 0. The molecule has 0 radical (unpaired) electrons. The number of hydrogen-bond donors (Lipinski definition) is 1. The van der Waals surface area contributed by atoms with Crippen molar-refractivity contribution in [1.82, 2.24) is 5.32 Å². The van der Waals surface area contributed by atoms with Gasteiger partial charge in [0.15, 0.2) is 0 Å². The predicted octanol–water partition coefficient (Wildman–Crippen LogP) is 3.87. The van der Waals surface area contributed by atoms with Crippen molar-refractivity contribution in [3.8, 4) is 0 Å². The van der Waals surface area contributed by atoms with Crippen molar-refractivity contribution in [3.63, 3.8) is 0 Å². The molecule has 0 bridgehead atoms. The van der Waals surface area contributed by atoms with Gasteiger partial charge in [0.25, 0.3) is 5.91 Å². The fourth-order valence-corrected chi connectivity index (χ4v) is 3.42. The molecule has 136 valence electrons. The molecule has 1 heterocycles. The lowest BCUT2D eigenvalue weighted by Crippen LogP contribution is -2.26. The number of benzene rings is 2. The highest BCUT2D eigenvalue weighted by Gasteiger charge is 2.22. The third kappa shape index (κ3) is 3.96. The number of carbonyl (C=O) groups excluding carboxylic acids is 2. The first-order valence-electron chi connectivity index (χ1n) is 9.41. The van der Waals surface area contributed by atoms with Gasteiger partial charge in [0.1, 0.15) is 0 Å². The Balaban J connectivity index is 1.72. The number of rotatable bonds is 6. The molecule has 1 N–H and O–H groups in total. The van der Waals surface area contributed by atoms with Crippen molar-refractivity contribution in [2.75, 3.05) is 11.4 Å². The van der Waals surface area contributed by atoms with E-state index in [1.54, 1.807) is 11.0 Å². The van der Waals surface area contributed by atoms with E-state index in [1.807, 2.05) is 18.2 Å². The van der Waals surface area contributed by atoms with Gasteiger partial charge in [-0.25, -0.2) is 0 Å². The molecule has 3 rings (SSSR count). The Morgan fingerprint density at radius 3 is 2.62 bits per heavy atom. The van der Waals surface area contributed by atoms with Crippen LogP contribution in [0.15, 0.2) is 42.5 Å². The van der Waals surface area contributed by atoms with Crippen LogP contribution in [0.4, 0.5) is 5.69 Å². The Morgan fingerprint density at radius 1 is 1.08 bits per heavy atom. The van der Waals surface area contributed by atoms with E-state index in [1.165, 1.54) is 16.7 Å². The van der Waals surface area contributed by atoms with Crippen molar-refractivity contribution in [2.45, 2.75) is 46.1 Å². The molecule has 2 aromatic rings. The zero-order valence-corrected chi connectivity index (χ0v) is 15.5. The minimum absolute atomic E-state index is 0.109. The SMILES string of the molecule is CCc1ccc(CC)c(CNC(=O)c2cccc(N3CCCC3=O)c2)c1. The largest absolute Gasteiger partial charge is 0.348 e. The molecular weight excluding hydrogens is 324 g/mol. The number of amides is 2. The Hall–Kier alpha value is -2.62. The molecule has 0 saturated carbocycles. The van der Waals surface area contributed by atoms with Gasteiger partial charge in [-0.1, -0.05) is 38.1 Å². The minimum atomic E-state index is -0.109. The summed E-state index contributed by atoms with van der Waals surface area (Å²) < 4.78 is 0. The van der Waals surface area contributed by atoms with E-state index in [0.29, 0.717) is 18.5 Å². The lowest BCUT2D eigenvalue weighted by molar-refractivity contribution is -0.117. The van der Waals surface area contributed by atoms with E-state index in [0.717, 1.165) is 31.5 Å². The van der Waals surface area contributed by atoms with Gasteiger partial charge in [-0.05, 0) is 54.2 Å². The van der Waals surface area contributed by atoms with Crippen LogP contribution in [0.25, 0.3) is 0 Å². The minimum Gasteiger partial charge on any atom is -0.348 e. The Kier molecular flexibility index (Phi) is 5.71. The summed E-state index contributed by atoms with van der Waals surface area (Å²) in [6.07, 6.45) is 3.39. The number of nitrogens with zero attached hydrogens (tertiary/aromatic N) is 1. The quantitative estimate of drug-likeness (QED) is 0.860. The molecule has 0 unspecified atom stereocenters. The van der Waals surface area contributed by atoms with Crippen LogP contribution in [0.5, 0.6) is 0 Å². The van der Waals surface area contributed by atoms with E-state index in [-0.39, 0.29) is 11.8 Å². The molecule has 0 aromatic heterocycles. The lowest BCUT2D eigenvalue weighted by atomic mass is 10.0. The molecule has 1 aliphatic heterocycles. The highest BCUT2D eigenvalue weighted by atomic mass is 16.2. The molecule has 0 spiro atoms. The van der Waals surface area contributed by atoms with Gasteiger partial charge in [0, 0.05) is 30.8 Å². The molecule has 4 nitrogen and oxygen atoms in total. The van der Waals surface area contributed by atoms with Gasteiger partial charge >= 0.3 is 0 Å². The topological polar surface area (TPSA) is 49.4 Å². The Labute approximate surface area is 155 Å². The summed E-state index contributed by atoms with van der Waals surface area (Å²) in [5.74, 6) is 0.0222. The highest BCUT2D eigenvalue weighted by molar-refractivity contribution is 5.99. The summed E-state index contributed by atoms with van der Waals surface area (Å²) in [6.45, 7) is 5.51. The van der Waals surface area contributed by atoms with Crippen molar-refractivity contribution < 1.29 is 9.59 Å². The standard InChI is InChI=1S/C22H26N2O2/c1-3-16-10-11-17(4-2)19(13-16)15-23-22(26)18-7-5-8-20(14-18)24-12-6-9-21(24)25/h5,7-8,10-11,13-14H,3-4,6,9,12,15H2,1-2H3,(H,23,26). The summed E-state index contributed by atoms with van der Waals surface area (Å²) in [6, 6.07) is 13.8. The van der Waals surface area contributed by atoms with Gasteiger partial charge in [-0.15, -0.1) is 0 Å². The summed E-state index contributed by atoms with van der Waals surface area (Å²) in [5.41, 5.74) is 5.11. The first-order valence-corrected chi connectivity index (χ1v) is 9.41. The number of carbonyl (C=O) groups is 2. The second kappa shape index (κ2) is 8.17. The summed E-state index contributed by atoms with van der Waals surface area (Å²) >= 11 is 0. The molecule has 0 aliphatic carbocycles. The number of anilines is 1. The predicted molar refractivity (Wildman–Crippen MR) is 104 cm³/mol. The van der Waals surface area contributed by atoms with Crippen LogP contribution in [-0.2, 0) is 24.2 Å². The van der Waals surface area contributed by atoms with E-state index in [2.05, 4.69) is 37.4 Å². The van der Waals surface area contributed by atoms with E-state index in [9.17, 15) is 9.59 Å². The second-order valence-electron chi connectivity index (χ2n) is 6.69. The van der Waals surface area contributed by atoms with Crippen LogP contribution < -0.4 is 10.2 Å². The van der Waals surface area contributed by atoms with Crippen molar-refractivity contribution in [3.05, 3.63) is 64.7 Å². The van der Waals surface area contributed by atoms with E-state index in [4.69, 9.17) is 0 Å². The van der Waals surface area contributed by atoms with Gasteiger partial charge in [0.05, 0.1) is 0 Å². The second-order valence-corrected chi connectivity index (χ2v) is 6.69. The van der Waals surface area contributed by atoms with Crippen molar-refractivity contribution in [1.29, 1.82) is 0 Å². The summed E-state index contributed by atoms with van der Waals surface area (Å²) in [5, 5.41) is 3.03. The molecule has 2 amide bonds. The van der Waals surface area contributed by atoms with Crippen LogP contribution in [0.2, 0.25) is 0 Å². The van der Waals surface area contributed by atoms with E-state index >= 15 is 0 Å². The van der Waals surface area contributed by atoms with Crippen LogP contribution in [0, 0.1) is 0 Å². The first-order chi connectivity index (χ1) is 12.6. The average Bonchev–Trinajstić information content (AvgIpc) is 3.11. The van der Waals surface area contributed by atoms with Crippen LogP contribution in [-0.4, -0.2) is 18.4 Å². The molecule has 26 heavy (non-hydrogen) atoms. The van der Waals surface area contributed by atoms with Gasteiger partial charge in [-0.3, -0.25) is 9.59 Å². The van der Waals surface area contributed by atoms with Gasteiger partial charge in [-0.2, -0.15) is 0 Å². The van der Waals surface area contributed by atoms with Crippen LogP contribution in [0.1, 0.15) is 53.7 Å². The van der Waals surface area contributed by atoms with E-state index < -0.39 is 0 Å². The maximum Gasteiger partial charge on any atom is 0.251 e. The van der Waals surface area contributed by atoms with Gasteiger partial charge in [0.2, 0.25) is 5.91 Å². The third-order valence-corrected chi connectivity index (χ3v) is 4.99. The Morgan fingerprint density at radius 2 is 1.92 bits per heavy atom. The third-order valence-electron chi connectivity index (χ3n) is 4.99. The normalized spacial score (nSPS) is 13.9. The smallest absolute Gasteiger partial charge is 0.251 e. The number of aryl methyl sites for hydroxylation is 2. The molecule has 1 saturated heterocycles. The molecule has 2 aromatic carbocycles. The van der Waals surface area contributed by atoms with Crippen LogP contribution in [0.3, 0.4) is 0 Å². The number of hydrogen-bond acceptors (Lipinski definition) is 2. The molecular formula is C22H26N2O2. The lowest BCUT2D eigenvalue weighted by Gasteiger charge is -2.16. The van der Waals surface area contributed by atoms with Gasteiger partial charge < -0.3 is 10.2 Å². The zero-order valence-electron chi connectivity index (χ0n) is 15.5. The van der Waals surface area contributed by atoms with Crippen LogP contribution >= 0.6 is 0 Å². The maximum atomic E-state index is 12.6. The maximum absolute atomic E-state index is 12.6. The first kappa shape index (κ1) is 18.2. The monoisotopic (exact) mass is 350 g/mol. The van der Waals surface area contributed by atoms with Crippen molar-refractivity contribution >= 4 is 17.5 Å². The molecule has 0 atom stereocenters. The Bertz CT molecular complexity index is 814. The molecule has 4 heteroatoms. The fraction of sp³-hybridized carbons (Fsp3) is 0.364. The summed E-state index contributed by atoms with van der Waals surface area (Å²) in [4.78, 5) is 26.3. The number of nitrogens with one attached hydrogen (secondary N) is 1. The highest BCUT2D eigenvalue weighted by Crippen LogP contribution is 2.22. The zero-order chi connectivity index (χ0) is 18.5. The average molecular weight is 350 g/mol. The molecule has 1 fully saturated rings. The fourth-order valence-electron chi connectivity index (χ4n) is 3.42. The molecule has 1 aliphatic rings. The van der Waals surface area contributed by atoms with Crippen molar-refractivity contribution in [2.24, 2.45) is 0 Å².